The van der Waals surface area contributed by atoms with E-state index >= 15 is 0 Å². The number of hydrogen-bond donors (Lipinski definition) is 0. The summed E-state index contributed by atoms with van der Waals surface area (Å²) in [5.41, 5.74) is 2.58. The molecule has 0 radical (unpaired) electrons. The van der Waals surface area contributed by atoms with Crippen molar-refractivity contribution >= 4 is 17.6 Å². The zero-order valence-electron chi connectivity index (χ0n) is 12.0. The average Bonchev–Trinajstić information content (AvgIpc) is 2.75. The fourth-order valence-corrected chi connectivity index (χ4v) is 3.46. The van der Waals surface area contributed by atoms with Crippen molar-refractivity contribution in [3.8, 4) is 0 Å². The molecule has 0 saturated heterocycles. The Bertz CT molecular complexity index is 542. The van der Waals surface area contributed by atoms with E-state index in [1.807, 2.05) is 24.0 Å². The molecule has 1 aromatic rings. The first-order valence-corrected chi connectivity index (χ1v) is 7.65. The summed E-state index contributed by atoms with van der Waals surface area (Å²) in [6, 6.07) is 4.08. The van der Waals surface area contributed by atoms with Gasteiger partial charge in [-0.1, -0.05) is 6.07 Å². The summed E-state index contributed by atoms with van der Waals surface area (Å²) in [4.78, 5) is 15.6. The third kappa shape index (κ3) is 2.47. The summed E-state index contributed by atoms with van der Waals surface area (Å²) in [5.74, 6) is 2.02. The second kappa shape index (κ2) is 5.36. The standard InChI is InChI=1S/C14H19N5S/c1-17-8-12-13(18(2)10-17)16-14(19(12)3)20-9-11-5-4-6-15-7-11/h4-8,14H,9-10H2,1-3H3. The Hall–Kier alpha value is -1.69. The molecular weight excluding hydrogens is 270 g/mol. The van der Waals surface area contributed by atoms with Crippen LogP contribution in [0, 0.1) is 0 Å². The molecule has 0 aromatic carbocycles. The molecule has 2 aliphatic heterocycles. The van der Waals surface area contributed by atoms with Crippen LogP contribution in [0.2, 0.25) is 0 Å². The molecule has 2 aliphatic rings. The molecule has 20 heavy (non-hydrogen) atoms. The number of rotatable bonds is 3. The summed E-state index contributed by atoms with van der Waals surface area (Å²) in [6.07, 6.45) is 5.89. The highest BCUT2D eigenvalue weighted by atomic mass is 32.2. The summed E-state index contributed by atoms with van der Waals surface area (Å²) < 4.78 is 0. The predicted octanol–water partition coefficient (Wildman–Crippen LogP) is 1.62. The monoisotopic (exact) mass is 289 g/mol. The lowest BCUT2D eigenvalue weighted by atomic mass is 10.3. The average molecular weight is 289 g/mol. The number of aromatic nitrogens is 1. The van der Waals surface area contributed by atoms with Gasteiger partial charge in [0.15, 0.2) is 11.3 Å². The Morgan fingerprint density at radius 1 is 1.35 bits per heavy atom. The molecule has 3 heterocycles. The van der Waals surface area contributed by atoms with Crippen molar-refractivity contribution in [3.05, 3.63) is 42.0 Å². The number of pyridine rings is 1. The molecule has 5 nitrogen and oxygen atoms in total. The van der Waals surface area contributed by atoms with Gasteiger partial charge in [-0.3, -0.25) is 4.98 Å². The van der Waals surface area contributed by atoms with Crippen LogP contribution in [-0.2, 0) is 5.75 Å². The van der Waals surface area contributed by atoms with Crippen LogP contribution in [0.5, 0.6) is 0 Å². The molecule has 0 fully saturated rings. The van der Waals surface area contributed by atoms with Gasteiger partial charge in [0.25, 0.3) is 0 Å². The molecule has 0 aliphatic carbocycles. The molecular formula is C14H19N5S. The highest BCUT2D eigenvalue weighted by Gasteiger charge is 2.33. The normalized spacial score (nSPS) is 21.8. The molecule has 1 atom stereocenters. The number of likely N-dealkylation sites (N-methyl/N-ethyl adjacent to an activating group) is 2. The summed E-state index contributed by atoms with van der Waals surface area (Å²) in [7, 11) is 6.28. The van der Waals surface area contributed by atoms with E-state index in [1.165, 1.54) is 11.3 Å². The Morgan fingerprint density at radius 3 is 2.95 bits per heavy atom. The minimum atomic E-state index is 0.144. The minimum absolute atomic E-state index is 0.144. The third-order valence-corrected chi connectivity index (χ3v) is 4.65. The molecule has 1 aromatic heterocycles. The number of thioether (sulfide) groups is 1. The van der Waals surface area contributed by atoms with E-state index in [0.717, 1.165) is 18.3 Å². The van der Waals surface area contributed by atoms with Gasteiger partial charge in [-0.2, -0.15) is 0 Å². The van der Waals surface area contributed by atoms with Crippen LogP contribution in [0.1, 0.15) is 5.56 Å². The molecule has 3 rings (SSSR count). The molecule has 0 N–H and O–H groups in total. The summed E-state index contributed by atoms with van der Waals surface area (Å²) in [5, 5.41) is 0. The number of aliphatic imine (C=N–C) groups is 1. The van der Waals surface area contributed by atoms with Crippen LogP contribution >= 0.6 is 11.8 Å². The van der Waals surface area contributed by atoms with Crippen molar-refractivity contribution in [2.45, 2.75) is 11.3 Å². The van der Waals surface area contributed by atoms with Gasteiger partial charge in [0.05, 0.1) is 12.4 Å². The molecule has 0 amide bonds. The van der Waals surface area contributed by atoms with Crippen LogP contribution in [0.4, 0.5) is 0 Å². The summed E-state index contributed by atoms with van der Waals surface area (Å²) in [6.45, 7) is 0.885. The van der Waals surface area contributed by atoms with Crippen LogP contribution in [0.25, 0.3) is 0 Å². The van der Waals surface area contributed by atoms with E-state index < -0.39 is 0 Å². The first-order chi connectivity index (χ1) is 9.65. The van der Waals surface area contributed by atoms with Crippen LogP contribution in [0.15, 0.2) is 41.4 Å². The molecule has 106 valence electrons. The van der Waals surface area contributed by atoms with Gasteiger partial charge >= 0.3 is 0 Å². The van der Waals surface area contributed by atoms with Gasteiger partial charge in [0.2, 0.25) is 0 Å². The molecule has 6 heteroatoms. The lowest BCUT2D eigenvalue weighted by Crippen LogP contribution is -2.41. The van der Waals surface area contributed by atoms with Crippen molar-refractivity contribution in [1.29, 1.82) is 0 Å². The Kier molecular flexibility index (Phi) is 3.56. The van der Waals surface area contributed by atoms with E-state index in [4.69, 9.17) is 4.99 Å². The van der Waals surface area contributed by atoms with E-state index in [1.54, 1.807) is 6.20 Å². The highest BCUT2D eigenvalue weighted by Crippen LogP contribution is 2.31. The number of amidine groups is 1. The van der Waals surface area contributed by atoms with Crippen molar-refractivity contribution in [3.63, 3.8) is 0 Å². The summed E-state index contributed by atoms with van der Waals surface area (Å²) >= 11 is 1.83. The van der Waals surface area contributed by atoms with Gasteiger partial charge in [0.1, 0.15) is 0 Å². The van der Waals surface area contributed by atoms with Crippen LogP contribution in [0.3, 0.4) is 0 Å². The lowest BCUT2D eigenvalue weighted by Gasteiger charge is -2.32. The number of fused-ring (bicyclic) bond motifs is 1. The second-order valence-electron chi connectivity index (χ2n) is 5.17. The minimum Gasteiger partial charge on any atom is -0.361 e. The van der Waals surface area contributed by atoms with Crippen LogP contribution in [-0.4, -0.2) is 58.8 Å². The SMILES string of the molecule is CN1C=C2C(=NC(SCc3cccnc3)N2C)N(C)C1. The first kappa shape index (κ1) is 13.3. The lowest BCUT2D eigenvalue weighted by molar-refractivity contribution is 0.292. The third-order valence-electron chi connectivity index (χ3n) is 3.43. The predicted molar refractivity (Wildman–Crippen MR) is 83.0 cm³/mol. The van der Waals surface area contributed by atoms with E-state index in [-0.39, 0.29) is 5.50 Å². The first-order valence-electron chi connectivity index (χ1n) is 6.60. The maximum absolute atomic E-state index is 4.84. The van der Waals surface area contributed by atoms with Gasteiger partial charge < -0.3 is 14.7 Å². The van der Waals surface area contributed by atoms with Crippen LogP contribution < -0.4 is 0 Å². The Labute approximate surface area is 124 Å². The van der Waals surface area contributed by atoms with Crippen molar-refractivity contribution < 1.29 is 0 Å². The fraction of sp³-hybridized carbons (Fsp3) is 0.429. The maximum Gasteiger partial charge on any atom is 0.171 e. The van der Waals surface area contributed by atoms with E-state index in [9.17, 15) is 0 Å². The highest BCUT2D eigenvalue weighted by molar-refractivity contribution is 7.99. The second-order valence-corrected chi connectivity index (χ2v) is 6.22. The van der Waals surface area contributed by atoms with Crippen molar-refractivity contribution in [2.24, 2.45) is 4.99 Å². The van der Waals surface area contributed by atoms with E-state index in [2.05, 4.69) is 53.1 Å². The van der Waals surface area contributed by atoms with Crippen molar-refractivity contribution in [1.82, 2.24) is 19.7 Å². The number of nitrogens with zero attached hydrogens (tertiary/aromatic N) is 5. The molecule has 1 unspecified atom stereocenters. The maximum atomic E-state index is 4.84. The zero-order chi connectivity index (χ0) is 14.1. The van der Waals surface area contributed by atoms with E-state index in [0.29, 0.717) is 0 Å². The Balaban J connectivity index is 1.72. The fourth-order valence-electron chi connectivity index (χ4n) is 2.43. The van der Waals surface area contributed by atoms with Gasteiger partial charge in [-0.05, 0) is 11.6 Å². The van der Waals surface area contributed by atoms with Gasteiger partial charge in [0, 0.05) is 45.5 Å². The quantitative estimate of drug-likeness (QED) is 0.845. The zero-order valence-corrected chi connectivity index (χ0v) is 12.8. The molecule has 0 saturated carbocycles. The molecule has 0 bridgehead atoms. The van der Waals surface area contributed by atoms with Crippen molar-refractivity contribution in [2.75, 3.05) is 27.8 Å². The smallest absolute Gasteiger partial charge is 0.171 e. The molecule has 0 spiro atoms. The largest absolute Gasteiger partial charge is 0.361 e. The topological polar surface area (TPSA) is 35.0 Å². The Morgan fingerprint density at radius 2 is 2.20 bits per heavy atom. The van der Waals surface area contributed by atoms with Gasteiger partial charge in [-0.25, -0.2) is 4.99 Å². The number of hydrogen-bond acceptors (Lipinski definition) is 6. The van der Waals surface area contributed by atoms with Gasteiger partial charge in [-0.15, -0.1) is 11.8 Å².